The molecule has 15 nitrogen and oxygen atoms in total. The van der Waals surface area contributed by atoms with Crippen molar-refractivity contribution in [3.8, 4) is 0 Å². The van der Waals surface area contributed by atoms with E-state index in [1.807, 2.05) is 0 Å². The van der Waals surface area contributed by atoms with Gasteiger partial charge >= 0.3 is 35.7 Å². The highest BCUT2D eigenvalue weighted by atomic mass is 32.9. The Balaban J connectivity index is 0.000000332. The molecule has 0 aliphatic carbocycles. The van der Waals surface area contributed by atoms with Gasteiger partial charge in [-0.2, -0.15) is 0 Å². The summed E-state index contributed by atoms with van der Waals surface area (Å²) < 4.78 is 26.7. The Bertz CT molecular complexity index is 594. The van der Waals surface area contributed by atoms with Crippen LogP contribution in [0.15, 0.2) is 0 Å². The molecule has 0 radical (unpaired) electrons. The van der Waals surface area contributed by atoms with Crippen LogP contribution < -0.4 is 44.4 Å². The van der Waals surface area contributed by atoms with E-state index >= 15 is 0 Å². The highest BCUT2D eigenvalue weighted by molar-refractivity contribution is 8.26. The van der Waals surface area contributed by atoms with Crippen molar-refractivity contribution in [2.24, 2.45) is 0 Å². The lowest BCUT2D eigenvalue weighted by atomic mass is 10.9. The van der Waals surface area contributed by atoms with Crippen LogP contribution in [0.5, 0.6) is 0 Å². The lowest BCUT2D eigenvalue weighted by molar-refractivity contribution is -0.351. The van der Waals surface area contributed by atoms with Gasteiger partial charge in [0.25, 0.3) is 0 Å². The van der Waals surface area contributed by atoms with Gasteiger partial charge in [0, 0.05) is 0 Å². The summed E-state index contributed by atoms with van der Waals surface area (Å²) in [4.78, 5) is 19.1. The number of hydrogen-bond donors (Lipinski definition) is 6. The molecule has 2 aromatic heterocycles. The van der Waals surface area contributed by atoms with Crippen LogP contribution in [0.4, 0.5) is 35.7 Å². The van der Waals surface area contributed by atoms with Crippen LogP contribution >= 0.6 is 0 Å². The fourth-order valence-corrected chi connectivity index (χ4v) is 0.918. The number of aromatic nitrogens is 6. The Kier molecular flexibility index (Phi) is 7.46. The number of H-pyrrole nitrogens is 2. The van der Waals surface area contributed by atoms with Crippen LogP contribution in [0.1, 0.15) is 0 Å². The van der Waals surface area contributed by atoms with Gasteiger partial charge in [-0.25, -0.2) is 9.97 Å². The minimum absolute atomic E-state index is 0.0729. The molecule has 2 heterocycles. The number of nitrogens with one attached hydrogen (secondary N) is 2. The predicted octanol–water partition coefficient (Wildman–Crippen LogP) is -4.93. The second kappa shape index (κ2) is 8.53. The summed E-state index contributed by atoms with van der Waals surface area (Å²) in [7, 11) is -4.33. The molecule has 0 aliphatic heterocycles. The molecule has 2 aromatic rings. The SMILES string of the molecule is Nc1nc(N)[nH+]c(N)n1.Nc1nc(N)[nH+]c(N)n1.O=S([O-])([O-])=S. The first-order valence-corrected chi connectivity index (χ1v) is 7.52. The molecular formula is C6H14N12O3S2. The monoisotopic (exact) mass is 366 g/mol. The lowest BCUT2D eigenvalue weighted by Gasteiger charge is -2.12. The summed E-state index contributed by atoms with van der Waals surface area (Å²) in [6, 6.07) is 0. The van der Waals surface area contributed by atoms with Crippen molar-refractivity contribution in [3.05, 3.63) is 0 Å². The van der Waals surface area contributed by atoms with Gasteiger partial charge in [-0.1, -0.05) is 19.9 Å². The number of nitrogens with zero attached hydrogens (tertiary/aromatic N) is 4. The van der Waals surface area contributed by atoms with Crippen LogP contribution in [0.2, 0.25) is 0 Å². The van der Waals surface area contributed by atoms with Crippen molar-refractivity contribution in [3.63, 3.8) is 0 Å². The number of aromatic amines is 2. The smallest absolute Gasteiger partial charge is 0.320 e. The number of nitrogen functional groups attached to an aromatic ring is 6. The van der Waals surface area contributed by atoms with Gasteiger partial charge in [-0.05, 0) is 11.2 Å². The zero-order valence-corrected chi connectivity index (χ0v) is 12.9. The van der Waals surface area contributed by atoms with Crippen molar-refractivity contribution in [2.45, 2.75) is 0 Å². The Morgan fingerprint density at radius 2 is 0.913 bits per heavy atom. The normalized spacial score (nSPS) is 9.83. The molecule has 14 N–H and O–H groups in total. The van der Waals surface area contributed by atoms with Crippen molar-refractivity contribution in [1.29, 1.82) is 0 Å². The largest absolute Gasteiger partial charge is 0.780 e. The van der Waals surface area contributed by atoms with Crippen LogP contribution in [0.3, 0.4) is 0 Å². The molecule has 2 rings (SSSR count). The Morgan fingerprint density at radius 1 is 0.739 bits per heavy atom. The first-order chi connectivity index (χ1) is 10.4. The molecule has 0 aliphatic rings. The zero-order chi connectivity index (χ0) is 18.2. The standard InChI is InChI=1S/2C3H6N6.H2O3S2/c2*4-1-7-2(5)9-3(6)8-1;1-5(2,3)4/h2*(H6,4,5,6,7,8,9);(H2,1,2,3,4). The highest BCUT2D eigenvalue weighted by Crippen LogP contribution is 1.91. The average Bonchev–Trinajstić information content (AvgIpc) is 2.22. The summed E-state index contributed by atoms with van der Waals surface area (Å²) in [5, 5.41) is 0. The van der Waals surface area contributed by atoms with E-state index in [4.69, 9.17) is 47.7 Å². The van der Waals surface area contributed by atoms with Crippen LogP contribution in [0, 0.1) is 0 Å². The maximum absolute atomic E-state index is 8.89. The van der Waals surface area contributed by atoms with E-state index in [2.05, 4.69) is 41.1 Å². The average molecular weight is 366 g/mol. The van der Waals surface area contributed by atoms with E-state index in [1.54, 1.807) is 0 Å². The summed E-state index contributed by atoms with van der Waals surface area (Å²) in [6.45, 7) is 0. The van der Waals surface area contributed by atoms with Gasteiger partial charge in [0.15, 0.2) is 0 Å². The van der Waals surface area contributed by atoms with Gasteiger partial charge < -0.3 is 43.5 Å². The molecule has 0 spiro atoms. The summed E-state index contributed by atoms with van der Waals surface area (Å²) in [6.07, 6.45) is 0. The third kappa shape index (κ3) is 12.6. The predicted molar refractivity (Wildman–Crippen MR) is 80.7 cm³/mol. The Labute approximate surface area is 134 Å². The molecule has 0 bridgehead atoms. The van der Waals surface area contributed by atoms with Gasteiger partial charge in [-0.15, -0.1) is 9.05 Å². The third-order valence-corrected chi connectivity index (χ3v) is 1.45. The first kappa shape index (κ1) is 20.1. The molecule has 0 unspecified atom stereocenters. The topological polar surface area (TPSA) is 299 Å². The summed E-state index contributed by atoms with van der Waals surface area (Å²) in [5.41, 5.74) is 31.1. The van der Waals surface area contributed by atoms with E-state index in [0.717, 1.165) is 0 Å². The quantitative estimate of drug-likeness (QED) is 0.254. The molecule has 128 valence electrons. The van der Waals surface area contributed by atoms with E-state index < -0.39 is 9.05 Å². The second-order valence-corrected chi connectivity index (χ2v) is 5.40. The second-order valence-electron chi connectivity index (χ2n) is 3.36. The minimum atomic E-state index is -4.33. The molecule has 0 aromatic carbocycles. The minimum Gasteiger partial charge on any atom is -0.780 e. The molecule has 0 atom stereocenters. The third-order valence-electron chi connectivity index (χ3n) is 1.45. The molecule has 23 heavy (non-hydrogen) atoms. The Hall–Kier alpha value is -2.89. The maximum atomic E-state index is 8.89. The van der Waals surface area contributed by atoms with Crippen LogP contribution in [-0.4, -0.2) is 33.3 Å². The van der Waals surface area contributed by atoms with Crippen molar-refractivity contribution in [2.75, 3.05) is 34.4 Å². The van der Waals surface area contributed by atoms with Gasteiger partial charge in [0.05, 0.1) is 0 Å². The van der Waals surface area contributed by atoms with Crippen molar-refractivity contribution >= 4 is 55.9 Å². The van der Waals surface area contributed by atoms with E-state index in [9.17, 15) is 0 Å². The fraction of sp³-hybridized carbons (Fsp3) is 0. The van der Waals surface area contributed by atoms with Gasteiger partial charge in [0.1, 0.15) is 0 Å². The summed E-state index contributed by atoms with van der Waals surface area (Å²) in [5.74, 6) is 0.813. The zero-order valence-electron chi connectivity index (χ0n) is 11.3. The molecule has 0 fully saturated rings. The van der Waals surface area contributed by atoms with Crippen molar-refractivity contribution < 1.29 is 23.3 Å². The molecule has 0 saturated carbocycles. The first-order valence-electron chi connectivity index (χ1n) is 5.19. The van der Waals surface area contributed by atoms with E-state index in [1.165, 1.54) is 0 Å². The van der Waals surface area contributed by atoms with E-state index in [-0.39, 0.29) is 35.7 Å². The van der Waals surface area contributed by atoms with Crippen molar-refractivity contribution in [1.82, 2.24) is 19.9 Å². The van der Waals surface area contributed by atoms with Crippen LogP contribution in [0.25, 0.3) is 0 Å². The molecular weight excluding hydrogens is 352 g/mol. The molecule has 0 amide bonds. The number of hydrogen-bond acceptors (Lipinski definition) is 14. The van der Waals surface area contributed by atoms with Crippen LogP contribution in [-0.2, 0) is 20.2 Å². The summed E-state index contributed by atoms with van der Waals surface area (Å²) >= 11 is 3.24. The number of rotatable bonds is 0. The number of nitrogens with two attached hydrogens (primary N) is 6. The number of anilines is 6. The maximum Gasteiger partial charge on any atom is 0.320 e. The van der Waals surface area contributed by atoms with Gasteiger partial charge in [0.2, 0.25) is 0 Å². The fourth-order valence-electron chi connectivity index (χ4n) is 0.918. The van der Waals surface area contributed by atoms with Gasteiger partial charge in [-0.3, -0.25) is 4.21 Å². The Morgan fingerprint density at radius 3 is 1.04 bits per heavy atom. The lowest BCUT2D eigenvalue weighted by Crippen LogP contribution is -2.20. The molecule has 17 heteroatoms. The molecule has 0 saturated heterocycles. The highest BCUT2D eigenvalue weighted by Gasteiger charge is 2.01. The van der Waals surface area contributed by atoms with E-state index in [0.29, 0.717) is 0 Å².